The minimum absolute atomic E-state index is 0.0174. The van der Waals surface area contributed by atoms with Gasteiger partial charge in [0.1, 0.15) is 18.0 Å². The molecule has 0 radical (unpaired) electrons. The average molecular weight is 510 g/mol. The number of anilines is 1. The molecule has 2 aromatic heterocycles. The molecule has 1 aliphatic rings. The van der Waals surface area contributed by atoms with Gasteiger partial charge < -0.3 is 14.5 Å². The lowest BCUT2D eigenvalue weighted by Gasteiger charge is -2.36. The van der Waals surface area contributed by atoms with Crippen LogP contribution in [0.4, 0.5) is 5.69 Å². The number of pyridine rings is 1. The van der Waals surface area contributed by atoms with Crippen molar-refractivity contribution in [2.75, 3.05) is 38.2 Å². The van der Waals surface area contributed by atoms with Crippen LogP contribution in [0.25, 0.3) is 22.2 Å². The van der Waals surface area contributed by atoms with E-state index in [1.54, 1.807) is 18.0 Å². The summed E-state index contributed by atoms with van der Waals surface area (Å²) >= 11 is 12.8. The normalized spacial score (nSPS) is 13.9. The fraction of sp³-hybridized carbons (Fsp3) is 0.269. The minimum Gasteiger partial charge on any atom is -0.495 e. The molecule has 1 fully saturated rings. The van der Waals surface area contributed by atoms with Gasteiger partial charge >= 0.3 is 0 Å². The second kappa shape index (κ2) is 9.76. The third-order valence-electron chi connectivity index (χ3n) is 6.41. The molecule has 0 unspecified atom stereocenters. The molecule has 3 heterocycles. The fourth-order valence-corrected chi connectivity index (χ4v) is 4.79. The molecule has 0 saturated carbocycles. The van der Waals surface area contributed by atoms with E-state index in [2.05, 4.69) is 15.0 Å². The number of rotatable bonds is 5. The van der Waals surface area contributed by atoms with Crippen LogP contribution in [0.1, 0.15) is 5.69 Å². The molecule has 1 saturated heterocycles. The Morgan fingerprint density at radius 3 is 2.60 bits per heavy atom. The number of aromatic nitrogens is 3. The molecule has 35 heavy (non-hydrogen) atoms. The summed E-state index contributed by atoms with van der Waals surface area (Å²) in [6.07, 6.45) is 1.77. The van der Waals surface area contributed by atoms with Crippen LogP contribution in [0.2, 0.25) is 10.0 Å². The van der Waals surface area contributed by atoms with E-state index in [0.29, 0.717) is 34.6 Å². The van der Waals surface area contributed by atoms with E-state index in [9.17, 15) is 4.79 Å². The Morgan fingerprint density at radius 2 is 1.83 bits per heavy atom. The number of para-hydroxylation sites is 1. The standard InChI is InChI=1S/C26H25Cl2N5O2/c1-17-25(28)26(19-13-18-5-3-4-6-22(18)29-15-19)30-33(17)16-24(34)32-11-9-31(10-12-32)20-7-8-21(27)23(14-20)35-2/h3-8,13-15H,9-12,16H2,1-2H3. The summed E-state index contributed by atoms with van der Waals surface area (Å²) in [4.78, 5) is 21.7. The van der Waals surface area contributed by atoms with Crippen molar-refractivity contribution in [2.24, 2.45) is 0 Å². The smallest absolute Gasteiger partial charge is 0.244 e. The van der Waals surface area contributed by atoms with E-state index in [-0.39, 0.29) is 12.5 Å². The molecule has 5 rings (SSSR count). The predicted molar refractivity (Wildman–Crippen MR) is 140 cm³/mol. The number of ether oxygens (including phenoxy) is 1. The Balaban J connectivity index is 1.27. The number of hydrogen-bond donors (Lipinski definition) is 0. The van der Waals surface area contributed by atoms with Crippen molar-refractivity contribution < 1.29 is 9.53 Å². The maximum atomic E-state index is 13.1. The van der Waals surface area contributed by atoms with Crippen LogP contribution < -0.4 is 9.64 Å². The predicted octanol–water partition coefficient (Wildman–Crippen LogP) is 5.07. The first-order chi connectivity index (χ1) is 16.9. The van der Waals surface area contributed by atoms with Crippen molar-refractivity contribution >= 4 is 45.7 Å². The molecule has 2 aromatic carbocycles. The van der Waals surface area contributed by atoms with Crippen molar-refractivity contribution in [1.82, 2.24) is 19.7 Å². The zero-order valence-electron chi connectivity index (χ0n) is 19.5. The van der Waals surface area contributed by atoms with Crippen LogP contribution in [0.3, 0.4) is 0 Å². The zero-order chi connectivity index (χ0) is 24.5. The molecule has 0 spiro atoms. The summed E-state index contributed by atoms with van der Waals surface area (Å²) in [7, 11) is 1.60. The second-order valence-electron chi connectivity index (χ2n) is 8.51. The van der Waals surface area contributed by atoms with Gasteiger partial charge in [-0.05, 0) is 31.2 Å². The first-order valence-corrected chi connectivity index (χ1v) is 12.1. The van der Waals surface area contributed by atoms with Crippen molar-refractivity contribution in [3.05, 3.63) is 70.5 Å². The number of methoxy groups -OCH3 is 1. The zero-order valence-corrected chi connectivity index (χ0v) is 21.1. The number of fused-ring (bicyclic) bond motifs is 1. The molecule has 7 nitrogen and oxygen atoms in total. The number of halogens is 2. The van der Waals surface area contributed by atoms with Gasteiger partial charge in [0.15, 0.2) is 0 Å². The maximum absolute atomic E-state index is 13.1. The Morgan fingerprint density at radius 1 is 1.06 bits per heavy atom. The van der Waals surface area contributed by atoms with Gasteiger partial charge in [-0.1, -0.05) is 41.4 Å². The molecule has 0 atom stereocenters. The number of hydrogen-bond acceptors (Lipinski definition) is 5. The van der Waals surface area contributed by atoms with Gasteiger partial charge in [-0.2, -0.15) is 5.10 Å². The van der Waals surface area contributed by atoms with Crippen LogP contribution in [0.5, 0.6) is 5.75 Å². The highest BCUT2D eigenvalue weighted by Gasteiger charge is 2.24. The van der Waals surface area contributed by atoms with Crippen LogP contribution in [0, 0.1) is 6.92 Å². The summed E-state index contributed by atoms with van der Waals surface area (Å²) < 4.78 is 7.02. The minimum atomic E-state index is 0.0174. The highest BCUT2D eigenvalue weighted by atomic mass is 35.5. The Labute approximate surface area is 213 Å². The van der Waals surface area contributed by atoms with Crippen LogP contribution in [0.15, 0.2) is 54.7 Å². The third-order valence-corrected chi connectivity index (χ3v) is 7.18. The van der Waals surface area contributed by atoms with Crippen LogP contribution in [-0.4, -0.2) is 58.9 Å². The number of amides is 1. The van der Waals surface area contributed by atoms with Gasteiger partial charge in [-0.25, -0.2) is 0 Å². The van der Waals surface area contributed by atoms with Crippen LogP contribution >= 0.6 is 23.2 Å². The van der Waals surface area contributed by atoms with Crippen molar-refractivity contribution in [1.29, 1.82) is 0 Å². The van der Waals surface area contributed by atoms with Gasteiger partial charge in [-0.15, -0.1) is 0 Å². The summed E-state index contributed by atoms with van der Waals surface area (Å²) in [5.74, 6) is 0.662. The Bertz CT molecular complexity index is 1400. The molecule has 180 valence electrons. The summed E-state index contributed by atoms with van der Waals surface area (Å²) in [5, 5.41) is 6.80. The number of carbonyl (C=O) groups is 1. The largest absolute Gasteiger partial charge is 0.495 e. The highest BCUT2D eigenvalue weighted by molar-refractivity contribution is 6.33. The molecular weight excluding hydrogens is 485 g/mol. The van der Waals surface area contributed by atoms with Gasteiger partial charge in [0.2, 0.25) is 5.91 Å². The number of carbonyl (C=O) groups excluding carboxylic acids is 1. The second-order valence-corrected chi connectivity index (χ2v) is 9.29. The fourth-order valence-electron chi connectivity index (χ4n) is 4.35. The number of nitrogens with zero attached hydrogens (tertiary/aromatic N) is 5. The van der Waals surface area contributed by atoms with Crippen molar-refractivity contribution in [3.8, 4) is 17.0 Å². The quantitative estimate of drug-likeness (QED) is 0.375. The summed E-state index contributed by atoms with van der Waals surface area (Å²) in [6, 6.07) is 15.7. The molecule has 1 amide bonds. The molecule has 0 N–H and O–H groups in total. The Kier molecular flexibility index (Phi) is 6.54. The molecule has 1 aliphatic heterocycles. The number of benzene rings is 2. The summed E-state index contributed by atoms with van der Waals surface area (Å²) in [5.41, 5.74) is 4.17. The number of piperazine rings is 1. The van der Waals surface area contributed by atoms with E-state index in [1.165, 1.54) is 0 Å². The van der Waals surface area contributed by atoms with Gasteiger partial charge in [-0.3, -0.25) is 14.5 Å². The van der Waals surface area contributed by atoms with Gasteiger partial charge in [0, 0.05) is 55.1 Å². The lowest BCUT2D eigenvalue weighted by Crippen LogP contribution is -2.49. The monoisotopic (exact) mass is 509 g/mol. The van der Waals surface area contributed by atoms with Crippen molar-refractivity contribution in [3.63, 3.8) is 0 Å². The molecule has 4 aromatic rings. The summed E-state index contributed by atoms with van der Waals surface area (Å²) in [6.45, 7) is 4.72. The van der Waals surface area contributed by atoms with Crippen molar-refractivity contribution in [2.45, 2.75) is 13.5 Å². The SMILES string of the molecule is COc1cc(N2CCN(C(=O)Cn3nc(-c4cnc5ccccc5c4)c(Cl)c3C)CC2)ccc1Cl. The van der Waals surface area contributed by atoms with E-state index in [1.807, 2.05) is 60.4 Å². The van der Waals surface area contributed by atoms with E-state index < -0.39 is 0 Å². The first-order valence-electron chi connectivity index (χ1n) is 11.4. The van der Waals surface area contributed by atoms with E-state index >= 15 is 0 Å². The molecule has 0 bridgehead atoms. The lowest BCUT2D eigenvalue weighted by atomic mass is 10.1. The molecule has 9 heteroatoms. The molecular formula is C26H25Cl2N5O2. The molecule has 0 aliphatic carbocycles. The first kappa shape index (κ1) is 23.5. The van der Waals surface area contributed by atoms with Crippen LogP contribution in [-0.2, 0) is 11.3 Å². The lowest BCUT2D eigenvalue weighted by molar-refractivity contribution is -0.132. The highest BCUT2D eigenvalue weighted by Crippen LogP contribution is 2.32. The third kappa shape index (κ3) is 4.66. The van der Waals surface area contributed by atoms with Gasteiger partial charge in [0.05, 0.1) is 28.4 Å². The Hall–Kier alpha value is -3.29. The van der Waals surface area contributed by atoms with E-state index in [4.69, 9.17) is 27.9 Å². The average Bonchev–Trinajstić information content (AvgIpc) is 3.17. The van der Waals surface area contributed by atoms with Gasteiger partial charge in [0.25, 0.3) is 0 Å². The maximum Gasteiger partial charge on any atom is 0.244 e. The topological polar surface area (TPSA) is 63.5 Å². The van der Waals surface area contributed by atoms with E-state index in [0.717, 1.165) is 40.9 Å².